The summed E-state index contributed by atoms with van der Waals surface area (Å²) in [5, 5.41) is 0. The zero-order valence-electron chi connectivity index (χ0n) is 10.9. The van der Waals surface area contributed by atoms with Gasteiger partial charge in [-0.05, 0) is 19.3 Å². The lowest BCUT2D eigenvalue weighted by molar-refractivity contribution is -0.132. The van der Waals surface area contributed by atoms with Crippen LogP contribution in [0, 0.1) is 0 Å². The molecule has 1 saturated heterocycles. The maximum absolute atomic E-state index is 12.2. The molecule has 0 aromatic rings. The molecule has 0 spiro atoms. The van der Waals surface area contributed by atoms with Gasteiger partial charge in [-0.1, -0.05) is 12.8 Å². The van der Waals surface area contributed by atoms with Crippen LogP contribution < -0.4 is 5.73 Å². The van der Waals surface area contributed by atoms with Crippen molar-refractivity contribution in [2.45, 2.75) is 50.1 Å². The molecule has 0 bridgehead atoms. The molecular formula is C12H22N2O3S. The van der Waals surface area contributed by atoms with Crippen molar-refractivity contribution in [3.63, 3.8) is 0 Å². The topological polar surface area (TPSA) is 80.5 Å². The lowest BCUT2D eigenvalue weighted by Gasteiger charge is -2.29. The minimum absolute atomic E-state index is 0.0125. The van der Waals surface area contributed by atoms with E-state index in [1.807, 2.05) is 0 Å². The maximum atomic E-state index is 12.2. The Bertz CT molecular complexity index is 427. The highest BCUT2D eigenvalue weighted by Gasteiger charge is 2.37. The second-order valence-electron chi connectivity index (χ2n) is 5.81. The van der Waals surface area contributed by atoms with E-state index in [9.17, 15) is 13.2 Å². The summed E-state index contributed by atoms with van der Waals surface area (Å²) in [6.07, 6.45) is 4.88. The number of carbonyl (C=O) groups excluding carboxylic acids is 1. The van der Waals surface area contributed by atoms with Gasteiger partial charge in [-0.15, -0.1) is 0 Å². The number of rotatable bonds is 3. The fourth-order valence-corrected chi connectivity index (χ4v) is 4.74. The molecule has 6 heteroatoms. The van der Waals surface area contributed by atoms with Crippen molar-refractivity contribution >= 4 is 15.7 Å². The molecule has 1 atom stereocenters. The van der Waals surface area contributed by atoms with Crippen LogP contribution in [0.25, 0.3) is 0 Å². The van der Waals surface area contributed by atoms with E-state index in [4.69, 9.17) is 5.73 Å². The molecule has 0 aromatic carbocycles. The first-order valence-corrected chi connectivity index (χ1v) is 8.38. The molecule has 1 heterocycles. The van der Waals surface area contributed by atoms with Crippen LogP contribution in [0.2, 0.25) is 0 Å². The number of nitrogens with two attached hydrogens (primary N) is 1. The highest BCUT2D eigenvalue weighted by molar-refractivity contribution is 7.91. The van der Waals surface area contributed by atoms with Crippen LogP contribution in [-0.2, 0) is 14.6 Å². The lowest BCUT2D eigenvalue weighted by atomic mass is 9.94. The van der Waals surface area contributed by atoms with Crippen molar-refractivity contribution in [3.8, 4) is 0 Å². The van der Waals surface area contributed by atoms with Crippen LogP contribution in [0.15, 0.2) is 0 Å². The summed E-state index contributed by atoms with van der Waals surface area (Å²) in [6, 6.07) is -0.160. The Hall–Kier alpha value is -0.620. The first-order chi connectivity index (χ1) is 8.31. The average Bonchev–Trinajstić information content (AvgIpc) is 2.84. The molecule has 2 N–H and O–H groups in total. The normalized spacial score (nSPS) is 29.3. The molecule has 2 fully saturated rings. The van der Waals surface area contributed by atoms with Crippen LogP contribution in [-0.4, -0.2) is 49.4 Å². The highest BCUT2D eigenvalue weighted by atomic mass is 32.2. The second-order valence-corrected chi connectivity index (χ2v) is 8.04. The van der Waals surface area contributed by atoms with Gasteiger partial charge in [-0.2, -0.15) is 0 Å². The summed E-state index contributed by atoms with van der Waals surface area (Å²) < 4.78 is 22.8. The molecule has 0 aromatic heterocycles. The van der Waals surface area contributed by atoms with E-state index in [-0.39, 0.29) is 29.0 Å². The molecule has 1 amide bonds. The predicted molar refractivity (Wildman–Crippen MR) is 69.8 cm³/mol. The van der Waals surface area contributed by atoms with Crippen molar-refractivity contribution in [2.75, 3.05) is 18.6 Å². The quantitative estimate of drug-likeness (QED) is 0.802. The Morgan fingerprint density at radius 1 is 1.39 bits per heavy atom. The molecule has 5 nitrogen and oxygen atoms in total. The lowest BCUT2D eigenvalue weighted by Crippen LogP contribution is -2.45. The number of hydrogen-bond donors (Lipinski definition) is 1. The summed E-state index contributed by atoms with van der Waals surface area (Å²) in [5.74, 6) is 0.289. The van der Waals surface area contributed by atoms with E-state index < -0.39 is 9.84 Å². The van der Waals surface area contributed by atoms with E-state index in [0.29, 0.717) is 12.8 Å². The average molecular weight is 274 g/mol. The summed E-state index contributed by atoms with van der Waals surface area (Å²) in [6.45, 7) is 0. The second kappa shape index (κ2) is 4.81. The summed E-state index contributed by atoms with van der Waals surface area (Å²) in [5.41, 5.74) is 5.83. The third-order valence-electron chi connectivity index (χ3n) is 4.25. The molecule has 2 aliphatic rings. The summed E-state index contributed by atoms with van der Waals surface area (Å²) in [4.78, 5) is 13.7. The third kappa shape index (κ3) is 3.03. The molecule has 104 valence electrons. The van der Waals surface area contributed by atoms with E-state index in [2.05, 4.69) is 0 Å². The fourth-order valence-electron chi connectivity index (χ4n) is 2.97. The van der Waals surface area contributed by atoms with Gasteiger partial charge >= 0.3 is 0 Å². The summed E-state index contributed by atoms with van der Waals surface area (Å²) in [7, 11) is -1.24. The molecule has 1 saturated carbocycles. The monoisotopic (exact) mass is 274 g/mol. The van der Waals surface area contributed by atoms with Crippen molar-refractivity contribution in [1.29, 1.82) is 0 Å². The van der Waals surface area contributed by atoms with Crippen LogP contribution >= 0.6 is 0 Å². The maximum Gasteiger partial charge on any atom is 0.224 e. The van der Waals surface area contributed by atoms with Crippen LogP contribution in [0.1, 0.15) is 38.5 Å². The van der Waals surface area contributed by atoms with Gasteiger partial charge in [0, 0.05) is 25.0 Å². The SMILES string of the molecule is CN(C(=O)CC1(N)CCCC1)C1CCS(=O)(=O)C1. The van der Waals surface area contributed by atoms with Crippen LogP contribution in [0.3, 0.4) is 0 Å². The zero-order chi connectivity index (χ0) is 13.4. The Kier molecular flexibility index (Phi) is 3.69. The minimum Gasteiger partial charge on any atom is -0.342 e. The molecule has 1 aliphatic carbocycles. The van der Waals surface area contributed by atoms with Gasteiger partial charge < -0.3 is 10.6 Å². The van der Waals surface area contributed by atoms with Gasteiger partial charge in [-0.3, -0.25) is 4.79 Å². The number of carbonyl (C=O) groups is 1. The molecular weight excluding hydrogens is 252 g/mol. The van der Waals surface area contributed by atoms with Crippen molar-refractivity contribution in [3.05, 3.63) is 0 Å². The standard InChI is InChI=1S/C12H22N2O3S/c1-14(10-4-7-18(16,17)9-10)11(15)8-12(13)5-2-3-6-12/h10H,2-9,13H2,1H3. The molecule has 1 aliphatic heterocycles. The van der Waals surface area contributed by atoms with Gasteiger partial charge in [0.2, 0.25) is 5.91 Å². The number of nitrogens with zero attached hydrogens (tertiary/aromatic N) is 1. The molecule has 2 rings (SSSR count). The Morgan fingerprint density at radius 3 is 2.50 bits per heavy atom. The van der Waals surface area contributed by atoms with Crippen LogP contribution in [0.5, 0.6) is 0 Å². The van der Waals surface area contributed by atoms with E-state index in [1.54, 1.807) is 11.9 Å². The first kappa shape index (κ1) is 13.8. The van der Waals surface area contributed by atoms with E-state index >= 15 is 0 Å². The van der Waals surface area contributed by atoms with Crippen molar-refractivity contribution in [2.24, 2.45) is 5.73 Å². The Balaban J connectivity index is 1.93. The molecule has 18 heavy (non-hydrogen) atoms. The molecule has 0 radical (unpaired) electrons. The van der Waals surface area contributed by atoms with Gasteiger partial charge in [0.05, 0.1) is 11.5 Å². The largest absolute Gasteiger partial charge is 0.342 e. The van der Waals surface area contributed by atoms with Gasteiger partial charge in [-0.25, -0.2) is 8.42 Å². The number of amides is 1. The van der Waals surface area contributed by atoms with Crippen molar-refractivity contribution in [1.82, 2.24) is 4.90 Å². The number of hydrogen-bond acceptors (Lipinski definition) is 4. The van der Waals surface area contributed by atoms with Gasteiger partial charge in [0.1, 0.15) is 0 Å². The van der Waals surface area contributed by atoms with Gasteiger partial charge in [0.15, 0.2) is 9.84 Å². The molecule has 1 unspecified atom stereocenters. The Morgan fingerprint density at radius 2 is 2.00 bits per heavy atom. The third-order valence-corrected chi connectivity index (χ3v) is 6.00. The Labute approximate surface area is 109 Å². The predicted octanol–water partition coefficient (Wildman–Crippen LogP) is 0.293. The first-order valence-electron chi connectivity index (χ1n) is 6.56. The van der Waals surface area contributed by atoms with E-state index in [1.165, 1.54) is 0 Å². The van der Waals surface area contributed by atoms with Crippen molar-refractivity contribution < 1.29 is 13.2 Å². The highest BCUT2D eigenvalue weighted by Crippen LogP contribution is 2.31. The van der Waals surface area contributed by atoms with E-state index in [0.717, 1.165) is 25.7 Å². The number of sulfone groups is 1. The fraction of sp³-hybridized carbons (Fsp3) is 0.917. The minimum atomic E-state index is -2.94. The smallest absolute Gasteiger partial charge is 0.224 e. The van der Waals surface area contributed by atoms with Gasteiger partial charge in [0.25, 0.3) is 0 Å². The zero-order valence-corrected chi connectivity index (χ0v) is 11.7. The summed E-state index contributed by atoms with van der Waals surface area (Å²) >= 11 is 0. The van der Waals surface area contributed by atoms with Crippen LogP contribution in [0.4, 0.5) is 0 Å².